The molecule has 2 aliphatic carbocycles. The van der Waals surface area contributed by atoms with Crippen molar-refractivity contribution in [3.05, 3.63) is 76.9 Å². The number of allylic oxidation sites excluding steroid dienone is 1. The fourth-order valence-electron chi connectivity index (χ4n) is 4.01. The molecule has 4 nitrogen and oxygen atoms in total. The van der Waals surface area contributed by atoms with E-state index in [1.807, 2.05) is 25.1 Å². The molecule has 0 saturated heterocycles. The maximum atomic E-state index is 14.2. The van der Waals surface area contributed by atoms with E-state index in [4.69, 9.17) is 5.41 Å². The Balaban J connectivity index is 1.70. The van der Waals surface area contributed by atoms with Gasteiger partial charge in [-0.05, 0) is 62.3 Å². The quantitative estimate of drug-likeness (QED) is 0.416. The van der Waals surface area contributed by atoms with Crippen LogP contribution in [0.3, 0.4) is 0 Å². The number of benzene rings is 2. The Morgan fingerprint density at radius 3 is 2.47 bits per heavy atom. The molecule has 0 atom stereocenters. The van der Waals surface area contributed by atoms with Gasteiger partial charge in [-0.25, -0.2) is 13.8 Å². The summed E-state index contributed by atoms with van der Waals surface area (Å²) < 4.78 is 27.8. The van der Waals surface area contributed by atoms with Crippen LogP contribution in [0, 0.1) is 23.0 Å². The largest absolute Gasteiger partial charge is 0.373 e. The summed E-state index contributed by atoms with van der Waals surface area (Å²) in [5.74, 6) is -1.12. The van der Waals surface area contributed by atoms with Crippen molar-refractivity contribution >= 4 is 17.2 Å². The van der Waals surface area contributed by atoms with Crippen LogP contribution >= 0.6 is 0 Å². The van der Waals surface area contributed by atoms with E-state index in [-0.39, 0.29) is 11.4 Å². The first-order valence-electron chi connectivity index (χ1n) is 11.3. The summed E-state index contributed by atoms with van der Waals surface area (Å²) >= 11 is 0. The molecule has 168 valence electrons. The van der Waals surface area contributed by atoms with Crippen LogP contribution in [0.15, 0.2) is 59.1 Å². The van der Waals surface area contributed by atoms with E-state index in [0.29, 0.717) is 17.7 Å². The zero-order chi connectivity index (χ0) is 22.7. The van der Waals surface area contributed by atoms with Gasteiger partial charge in [-0.1, -0.05) is 30.3 Å². The molecule has 0 unspecified atom stereocenters. The summed E-state index contributed by atoms with van der Waals surface area (Å²) in [5.41, 5.74) is 3.84. The maximum Gasteiger partial charge on any atom is 0.155 e. The van der Waals surface area contributed by atoms with E-state index < -0.39 is 11.6 Å². The second-order valence-corrected chi connectivity index (χ2v) is 8.72. The predicted octanol–water partition coefficient (Wildman–Crippen LogP) is 5.26. The van der Waals surface area contributed by atoms with Crippen LogP contribution in [-0.2, 0) is 0 Å². The Morgan fingerprint density at radius 2 is 1.81 bits per heavy atom. The molecule has 6 heteroatoms. The van der Waals surface area contributed by atoms with E-state index in [0.717, 1.165) is 61.0 Å². The summed E-state index contributed by atoms with van der Waals surface area (Å²) in [6.45, 7) is 3.62. The first-order valence-corrected chi connectivity index (χ1v) is 11.3. The maximum absolute atomic E-state index is 14.2. The number of halogens is 2. The number of hydrogen-bond donors (Lipinski definition) is 2. The second kappa shape index (κ2) is 9.74. The highest BCUT2D eigenvalue weighted by molar-refractivity contribution is 6.13. The number of likely N-dealkylation sites (N-methyl/N-ethyl adjacent to an activating group) is 1. The number of aliphatic imine (C=N–C) groups is 1. The normalized spacial score (nSPS) is 17.2. The summed E-state index contributed by atoms with van der Waals surface area (Å²) in [5, 5.41) is 11.9. The Bertz CT molecular complexity index is 1040. The lowest BCUT2D eigenvalue weighted by atomic mass is 9.97. The molecule has 32 heavy (non-hydrogen) atoms. The third-order valence-electron chi connectivity index (χ3n) is 5.98. The minimum atomic E-state index is -0.642. The highest BCUT2D eigenvalue weighted by atomic mass is 19.1. The van der Waals surface area contributed by atoms with Gasteiger partial charge in [-0.2, -0.15) is 0 Å². The highest BCUT2D eigenvalue weighted by Gasteiger charge is 2.32. The summed E-state index contributed by atoms with van der Waals surface area (Å²) in [7, 11) is 2.09. The van der Waals surface area contributed by atoms with E-state index in [9.17, 15) is 8.78 Å². The molecular weight excluding hydrogens is 406 g/mol. The fourth-order valence-corrected chi connectivity index (χ4v) is 4.01. The molecule has 0 heterocycles. The average molecular weight is 437 g/mol. The molecule has 0 amide bonds. The fraction of sp³-hybridized carbons (Fsp3) is 0.385. The standard InChI is InChI=1S/C26H30F2N4/c1-17(31-26(29)22-16-20(27)10-13-23(22)28)24(18-8-9-18)25(19-6-4-3-5-7-19)32(2)15-14-30-21-11-12-21/h3-7,10,13,16,18,21,29-30H,8-9,11-12,14-15H2,1-2H3/b25-24-,29-26?,31-17?. The van der Waals surface area contributed by atoms with Gasteiger partial charge in [0.25, 0.3) is 0 Å². The second-order valence-electron chi connectivity index (χ2n) is 8.72. The molecular formula is C26H30F2N4. The van der Waals surface area contributed by atoms with E-state index in [1.54, 1.807) is 0 Å². The van der Waals surface area contributed by atoms with Gasteiger partial charge >= 0.3 is 0 Å². The van der Waals surface area contributed by atoms with Gasteiger partial charge in [0.1, 0.15) is 11.6 Å². The summed E-state index contributed by atoms with van der Waals surface area (Å²) in [4.78, 5) is 6.70. The summed E-state index contributed by atoms with van der Waals surface area (Å²) in [6, 6.07) is 14.0. The number of nitrogens with one attached hydrogen (secondary N) is 2. The first-order chi connectivity index (χ1) is 15.4. The lowest BCUT2D eigenvalue weighted by Crippen LogP contribution is -2.31. The van der Waals surface area contributed by atoms with Crippen LogP contribution in [0.25, 0.3) is 5.70 Å². The van der Waals surface area contributed by atoms with Gasteiger partial charge in [0.05, 0.1) is 5.56 Å². The number of nitrogens with zero attached hydrogens (tertiary/aromatic N) is 2. The Labute approximate surface area is 188 Å². The van der Waals surface area contributed by atoms with Crippen LogP contribution in [0.1, 0.15) is 43.7 Å². The van der Waals surface area contributed by atoms with Crippen molar-refractivity contribution in [1.82, 2.24) is 10.2 Å². The predicted molar refractivity (Wildman–Crippen MR) is 126 cm³/mol. The molecule has 2 fully saturated rings. The summed E-state index contributed by atoms with van der Waals surface area (Å²) in [6.07, 6.45) is 4.63. The van der Waals surface area contributed by atoms with Crippen LogP contribution in [0.5, 0.6) is 0 Å². The van der Waals surface area contributed by atoms with Crippen LogP contribution in [-0.4, -0.2) is 42.6 Å². The lowest BCUT2D eigenvalue weighted by molar-refractivity contribution is 0.458. The topological polar surface area (TPSA) is 51.5 Å². The Morgan fingerprint density at radius 1 is 1.09 bits per heavy atom. The van der Waals surface area contributed by atoms with E-state index >= 15 is 0 Å². The van der Waals surface area contributed by atoms with Gasteiger partial charge in [0, 0.05) is 43.2 Å². The third kappa shape index (κ3) is 5.49. The van der Waals surface area contributed by atoms with Gasteiger partial charge in [0.2, 0.25) is 0 Å². The van der Waals surface area contributed by atoms with Crippen molar-refractivity contribution in [2.45, 2.75) is 38.6 Å². The van der Waals surface area contributed by atoms with Crippen molar-refractivity contribution in [2.24, 2.45) is 10.9 Å². The molecule has 2 saturated carbocycles. The smallest absolute Gasteiger partial charge is 0.155 e. The van der Waals surface area contributed by atoms with Crippen molar-refractivity contribution in [3.8, 4) is 0 Å². The zero-order valence-electron chi connectivity index (χ0n) is 18.7. The van der Waals surface area contributed by atoms with E-state index in [2.05, 4.69) is 34.4 Å². The number of amidine groups is 1. The van der Waals surface area contributed by atoms with Crippen LogP contribution in [0.2, 0.25) is 0 Å². The first kappa shape index (κ1) is 22.3. The molecule has 2 aromatic carbocycles. The highest BCUT2D eigenvalue weighted by Crippen LogP contribution is 2.42. The monoisotopic (exact) mass is 436 g/mol. The van der Waals surface area contributed by atoms with Crippen LogP contribution < -0.4 is 5.32 Å². The molecule has 0 bridgehead atoms. The molecule has 0 aromatic heterocycles. The Hall–Kier alpha value is -2.86. The Kier molecular flexibility index (Phi) is 6.80. The average Bonchev–Trinajstić information content (AvgIpc) is 3.69. The van der Waals surface area contributed by atoms with Crippen molar-refractivity contribution < 1.29 is 8.78 Å². The molecule has 2 N–H and O–H groups in total. The minimum absolute atomic E-state index is 0.122. The van der Waals surface area contributed by atoms with Crippen molar-refractivity contribution in [1.29, 1.82) is 5.41 Å². The van der Waals surface area contributed by atoms with Gasteiger partial charge < -0.3 is 10.2 Å². The molecule has 0 spiro atoms. The SMILES string of the molecule is CC(=NC(=N)c1cc(F)ccc1F)/C(=C(\c1ccccc1)N(C)CCNC1CC1)C1CC1. The lowest BCUT2D eigenvalue weighted by Gasteiger charge is -2.27. The molecule has 2 aromatic rings. The van der Waals surface area contributed by atoms with Gasteiger partial charge in [0.15, 0.2) is 5.84 Å². The zero-order valence-corrected chi connectivity index (χ0v) is 18.7. The molecule has 2 aliphatic rings. The van der Waals surface area contributed by atoms with Crippen molar-refractivity contribution in [2.75, 3.05) is 20.1 Å². The molecule has 4 rings (SSSR count). The van der Waals surface area contributed by atoms with E-state index in [1.165, 1.54) is 12.8 Å². The number of rotatable bonds is 9. The van der Waals surface area contributed by atoms with Crippen molar-refractivity contribution in [3.63, 3.8) is 0 Å². The number of hydrogen-bond acceptors (Lipinski definition) is 3. The molecule has 0 aliphatic heterocycles. The molecule has 0 radical (unpaired) electrons. The van der Waals surface area contributed by atoms with Gasteiger partial charge in [-0.15, -0.1) is 0 Å². The van der Waals surface area contributed by atoms with Crippen LogP contribution in [0.4, 0.5) is 8.78 Å². The third-order valence-corrected chi connectivity index (χ3v) is 5.98. The van der Waals surface area contributed by atoms with Gasteiger partial charge in [-0.3, -0.25) is 5.41 Å². The minimum Gasteiger partial charge on any atom is -0.373 e.